The molecule has 0 N–H and O–H groups in total. The summed E-state index contributed by atoms with van der Waals surface area (Å²) in [4.78, 5) is 26.3. The summed E-state index contributed by atoms with van der Waals surface area (Å²) in [6.07, 6.45) is 5.83. The molecule has 3 heterocycles. The van der Waals surface area contributed by atoms with E-state index in [1.165, 1.54) is 5.56 Å². The highest BCUT2D eigenvalue weighted by Crippen LogP contribution is 2.24. The maximum atomic E-state index is 13.1. The lowest BCUT2D eigenvalue weighted by Crippen LogP contribution is -2.44. The predicted molar refractivity (Wildman–Crippen MR) is 111 cm³/mol. The summed E-state index contributed by atoms with van der Waals surface area (Å²) in [7, 11) is 1.88. The summed E-state index contributed by atoms with van der Waals surface area (Å²) < 4.78 is 5.45. The second-order valence-corrected chi connectivity index (χ2v) is 8.17. The first-order valence-corrected chi connectivity index (χ1v) is 10.6. The fourth-order valence-corrected chi connectivity index (χ4v) is 4.16. The minimum Gasteiger partial charge on any atom is -0.381 e. The predicted octanol–water partition coefficient (Wildman–Crippen LogP) is 3.62. The number of hydrogen-bond acceptors (Lipinski definition) is 4. The van der Waals surface area contributed by atoms with Gasteiger partial charge in [-0.2, -0.15) is 0 Å². The Kier molecular flexibility index (Phi) is 6.09. The first-order valence-electron chi connectivity index (χ1n) is 10.6. The van der Waals surface area contributed by atoms with Gasteiger partial charge in [-0.25, -0.2) is 14.8 Å². The van der Waals surface area contributed by atoms with Crippen molar-refractivity contribution in [1.29, 1.82) is 0 Å². The van der Waals surface area contributed by atoms with Gasteiger partial charge < -0.3 is 14.5 Å². The van der Waals surface area contributed by atoms with Gasteiger partial charge in [-0.05, 0) is 43.2 Å². The molecule has 2 aliphatic heterocycles. The molecule has 1 aromatic carbocycles. The lowest BCUT2D eigenvalue weighted by atomic mass is 9.96. The molecule has 4 rings (SSSR count). The van der Waals surface area contributed by atoms with E-state index in [0.717, 1.165) is 56.0 Å². The van der Waals surface area contributed by atoms with Crippen molar-refractivity contribution < 1.29 is 9.53 Å². The van der Waals surface area contributed by atoms with Gasteiger partial charge in [-0.1, -0.05) is 30.3 Å². The summed E-state index contributed by atoms with van der Waals surface area (Å²) >= 11 is 0. The molecule has 0 radical (unpaired) electrons. The lowest BCUT2D eigenvalue weighted by Gasteiger charge is -2.34. The highest BCUT2D eigenvalue weighted by atomic mass is 16.5. The number of aromatic nitrogens is 2. The number of ether oxygens (including phenoxy) is 1. The van der Waals surface area contributed by atoms with Crippen molar-refractivity contribution >= 4 is 6.03 Å². The van der Waals surface area contributed by atoms with Gasteiger partial charge in [0.15, 0.2) is 0 Å². The van der Waals surface area contributed by atoms with Crippen LogP contribution in [0.5, 0.6) is 0 Å². The standard InChI is InChI=1S/C23H30N4O2/c1-17(19-6-4-3-5-7-19)26(2)23(28)27-11-8-20-15-24-22(25-21(20)16-27)14-18-9-12-29-13-10-18/h3-7,15,17-18H,8-14,16H2,1-2H3. The molecule has 6 heteroatoms. The maximum Gasteiger partial charge on any atom is 0.320 e. The molecule has 154 valence electrons. The number of rotatable bonds is 4. The largest absolute Gasteiger partial charge is 0.381 e. The van der Waals surface area contributed by atoms with Crippen molar-refractivity contribution in [3.05, 3.63) is 59.2 Å². The molecule has 0 spiro atoms. The van der Waals surface area contributed by atoms with Gasteiger partial charge in [-0.3, -0.25) is 0 Å². The van der Waals surface area contributed by atoms with Crippen molar-refractivity contribution in [3.63, 3.8) is 0 Å². The molecule has 6 nitrogen and oxygen atoms in total. The fourth-order valence-electron chi connectivity index (χ4n) is 4.16. The van der Waals surface area contributed by atoms with E-state index in [1.54, 1.807) is 0 Å². The van der Waals surface area contributed by atoms with E-state index >= 15 is 0 Å². The molecule has 2 amide bonds. The molecule has 0 saturated carbocycles. The number of amides is 2. The van der Waals surface area contributed by atoms with Gasteiger partial charge >= 0.3 is 6.03 Å². The normalized spacial score (nSPS) is 18.2. The molecule has 1 saturated heterocycles. The second-order valence-electron chi connectivity index (χ2n) is 8.17. The van der Waals surface area contributed by atoms with Crippen molar-refractivity contribution in [1.82, 2.24) is 19.8 Å². The van der Waals surface area contributed by atoms with Crippen molar-refractivity contribution in [2.75, 3.05) is 26.8 Å². The summed E-state index contributed by atoms with van der Waals surface area (Å²) in [5.41, 5.74) is 3.31. The van der Waals surface area contributed by atoms with Gasteiger partial charge in [-0.15, -0.1) is 0 Å². The van der Waals surface area contributed by atoms with E-state index in [4.69, 9.17) is 9.72 Å². The lowest BCUT2D eigenvalue weighted by molar-refractivity contribution is 0.0659. The third-order valence-corrected chi connectivity index (χ3v) is 6.24. The molecule has 0 aliphatic carbocycles. The molecular weight excluding hydrogens is 364 g/mol. The average Bonchev–Trinajstić information content (AvgIpc) is 2.78. The molecular formula is C23H30N4O2. The number of carbonyl (C=O) groups is 1. The Bertz CT molecular complexity index is 836. The minimum absolute atomic E-state index is 0.0274. The van der Waals surface area contributed by atoms with Crippen LogP contribution in [0.3, 0.4) is 0 Å². The molecule has 1 fully saturated rings. The van der Waals surface area contributed by atoms with E-state index in [0.29, 0.717) is 19.0 Å². The Hall–Kier alpha value is -2.47. The smallest absolute Gasteiger partial charge is 0.320 e. The summed E-state index contributed by atoms with van der Waals surface area (Å²) in [5.74, 6) is 1.50. The second kappa shape index (κ2) is 8.91. The zero-order valence-electron chi connectivity index (χ0n) is 17.4. The molecule has 2 aromatic rings. The van der Waals surface area contributed by atoms with Crippen molar-refractivity contribution in [3.8, 4) is 0 Å². The number of fused-ring (bicyclic) bond motifs is 1. The van der Waals surface area contributed by atoms with Gasteiger partial charge in [0.25, 0.3) is 0 Å². The summed E-state index contributed by atoms with van der Waals surface area (Å²) in [5, 5.41) is 0. The molecule has 29 heavy (non-hydrogen) atoms. The first kappa shape index (κ1) is 19.8. The van der Waals surface area contributed by atoms with Gasteiger partial charge in [0.2, 0.25) is 0 Å². The van der Waals surface area contributed by atoms with Crippen LogP contribution in [-0.4, -0.2) is 52.6 Å². The Morgan fingerprint density at radius 2 is 2.03 bits per heavy atom. The monoisotopic (exact) mass is 394 g/mol. The number of urea groups is 1. The van der Waals surface area contributed by atoms with Crippen LogP contribution in [0.1, 0.15) is 48.5 Å². The van der Waals surface area contributed by atoms with Crippen LogP contribution in [0.25, 0.3) is 0 Å². The van der Waals surface area contributed by atoms with E-state index in [9.17, 15) is 4.79 Å². The SMILES string of the molecule is CC(c1ccccc1)N(C)C(=O)N1CCc2cnc(CC3CCOCC3)nc2C1. The minimum atomic E-state index is 0.0274. The highest BCUT2D eigenvalue weighted by molar-refractivity contribution is 5.75. The molecule has 2 aliphatic rings. The quantitative estimate of drug-likeness (QED) is 0.795. The van der Waals surface area contributed by atoms with Gasteiger partial charge in [0.1, 0.15) is 5.82 Å². The van der Waals surface area contributed by atoms with Crippen LogP contribution in [0.2, 0.25) is 0 Å². The Balaban J connectivity index is 1.43. The fraction of sp³-hybridized carbons (Fsp3) is 0.522. The van der Waals surface area contributed by atoms with E-state index in [2.05, 4.69) is 24.0 Å². The van der Waals surface area contributed by atoms with Crippen molar-refractivity contribution in [2.45, 2.75) is 45.2 Å². The zero-order valence-corrected chi connectivity index (χ0v) is 17.4. The van der Waals surface area contributed by atoms with E-state index in [1.807, 2.05) is 41.2 Å². The van der Waals surface area contributed by atoms with E-state index in [-0.39, 0.29) is 12.1 Å². The van der Waals surface area contributed by atoms with Crippen molar-refractivity contribution in [2.24, 2.45) is 5.92 Å². The molecule has 0 bridgehead atoms. The van der Waals surface area contributed by atoms with Crippen LogP contribution in [0.4, 0.5) is 4.79 Å². The van der Waals surface area contributed by atoms with Crippen LogP contribution < -0.4 is 0 Å². The number of benzene rings is 1. The Morgan fingerprint density at radius 3 is 2.79 bits per heavy atom. The maximum absolute atomic E-state index is 13.1. The molecule has 1 atom stereocenters. The van der Waals surface area contributed by atoms with Crippen LogP contribution in [0.15, 0.2) is 36.5 Å². The van der Waals surface area contributed by atoms with Gasteiger partial charge in [0.05, 0.1) is 18.3 Å². The summed E-state index contributed by atoms with van der Waals surface area (Å²) in [6.45, 7) is 5.01. The Labute approximate surface area is 172 Å². The van der Waals surface area contributed by atoms with E-state index < -0.39 is 0 Å². The zero-order chi connectivity index (χ0) is 20.2. The number of nitrogens with zero attached hydrogens (tertiary/aromatic N) is 4. The third-order valence-electron chi connectivity index (χ3n) is 6.24. The Morgan fingerprint density at radius 1 is 1.28 bits per heavy atom. The van der Waals surface area contributed by atoms with Crippen LogP contribution >= 0.6 is 0 Å². The first-order chi connectivity index (χ1) is 14.1. The van der Waals surface area contributed by atoms with Gasteiger partial charge in [0, 0.05) is 39.4 Å². The summed E-state index contributed by atoms with van der Waals surface area (Å²) in [6, 6.07) is 10.2. The highest BCUT2D eigenvalue weighted by Gasteiger charge is 2.27. The number of hydrogen-bond donors (Lipinski definition) is 0. The van der Waals surface area contributed by atoms with Crippen LogP contribution in [-0.2, 0) is 24.1 Å². The third kappa shape index (κ3) is 4.58. The molecule has 1 aromatic heterocycles. The average molecular weight is 395 g/mol. The van der Waals surface area contributed by atoms with Crippen LogP contribution in [0, 0.1) is 5.92 Å². The topological polar surface area (TPSA) is 58.6 Å². The molecule has 1 unspecified atom stereocenters. The number of carbonyl (C=O) groups excluding carboxylic acids is 1.